The van der Waals surface area contributed by atoms with Crippen LogP contribution in [0.3, 0.4) is 0 Å². The summed E-state index contributed by atoms with van der Waals surface area (Å²) in [6.45, 7) is 0.554. The molecule has 0 fully saturated rings. The minimum absolute atomic E-state index is 0.184. The SMILES string of the molecule is CN(Cc1ccsc1)C(=O)c1cncc(N)n1. The van der Waals surface area contributed by atoms with Crippen LogP contribution in [0.25, 0.3) is 0 Å². The van der Waals surface area contributed by atoms with Crippen LogP contribution in [0.2, 0.25) is 0 Å². The lowest BCUT2D eigenvalue weighted by Crippen LogP contribution is -2.27. The molecule has 0 radical (unpaired) electrons. The zero-order valence-electron chi connectivity index (χ0n) is 9.33. The van der Waals surface area contributed by atoms with E-state index in [1.165, 1.54) is 12.4 Å². The molecule has 2 N–H and O–H groups in total. The number of carbonyl (C=O) groups excluding carboxylic acids is 1. The zero-order chi connectivity index (χ0) is 12.3. The van der Waals surface area contributed by atoms with Crippen molar-refractivity contribution in [3.05, 3.63) is 40.5 Å². The largest absolute Gasteiger partial charge is 0.382 e. The van der Waals surface area contributed by atoms with Crippen LogP contribution in [0.5, 0.6) is 0 Å². The Morgan fingerprint density at radius 2 is 2.35 bits per heavy atom. The van der Waals surface area contributed by atoms with Gasteiger partial charge in [0.15, 0.2) is 0 Å². The number of anilines is 1. The minimum Gasteiger partial charge on any atom is -0.382 e. The van der Waals surface area contributed by atoms with Gasteiger partial charge in [0, 0.05) is 13.6 Å². The van der Waals surface area contributed by atoms with Crippen LogP contribution in [-0.2, 0) is 6.54 Å². The van der Waals surface area contributed by atoms with E-state index < -0.39 is 0 Å². The highest BCUT2D eigenvalue weighted by Crippen LogP contribution is 2.10. The Bertz CT molecular complexity index is 512. The first-order chi connectivity index (χ1) is 8.16. The topological polar surface area (TPSA) is 72.1 Å². The van der Waals surface area contributed by atoms with Crippen LogP contribution in [0.4, 0.5) is 5.82 Å². The van der Waals surface area contributed by atoms with E-state index in [0.29, 0.717) is 6.54 Å². The molecule has 0 bridgehead atoms. The maximum Gasteiger partial charge on any atom is 0.274 e. The molecule has 0 spiro atoms. The number of amides is 1. The second kappa shape index (κ2) is 4.92. The molecule has 88 valence electrons. The van der Waals surface area contributed by atoms with Gasteiger partial charge in [-0.05, 0) is 22.4 Å². The van der Waals surface area contributed by atoms with E-state index in [9.17, 15) is 4.79 Å². The molecular weight excluding hydrogens is 236 g/mol. The molecule has 17 heavy (non-hydrogen) atoms. The first kappa shape index (κ1) is 11.5. The van der Waals surface area contributed by atoms with Gasteiger partial charge in [-0.1, -0.05) is 0 Å². The summed E-state index contributed by atoms with van der Waals surface area (Å²) < 4.78 is 0. The summed E-state index contributed by atoms with van der Waals surface area (Å²) in [7, 11) is 1.73. The Morgan fingerprint density at radius 1 is 1.53 bits per heavy atom. The number of hydrogen-bond acceptors (Lipinski definition) is 5. The van der Waals surface area contributed by atoms with Gasteiger partial charge in [-0.2, -0.15) is 11.3 Å². The Hall–Kier alpha value is -1.95. The van der Waals surface area contributed by atoms with Crippen molar-refractivity contribution in [2.45, 2.75) is 6.54 Å². The van der Waals surface area contributed by atoms with Gasteiger partial charge in [-0.25, -0.2) is 4.98 Å². The number of nitrogens with zero attached hydrogens (tertiary/aromatic N) is 3. The Balaban J connectivity index is 2.09. The lowest BCUT2D eigenvalue weighted by atomic mass is 10.3. The van der Waals surface area contributed by atoms with E-state index in [0.717, 1.165) is 5.56 Å². The summed E-state index contributed by atoms with van der Waals surface area (Å²) in [5.41, 5.74) is 6.86. The van der Waals surface area contributed by atoms with Gasteiger partial charge in [-0.3, -0.25) is 9.78 Å². The molecular formula is C11H12N4OS. The van der Waals surface area contributed by atoms with Gasteiger partial charge in [0.1, 0.15) is 11.5 Å². The van der Waals surface area contributed by atoms with Crippen molar-refractivity contribution >= 4 is 23.1 Å². The van der Waals surface area contributed by atoms with E-state index in [4.69, 9.17) is 5.73 Å². The van der Waals surface area contributed by atoms with E-state index >= 15 is 0 Å². The summed E-state index contributed by atoms with van der Waals surface area (Å²) in [6, 6.07) is 1.99. The van der Waals surface area contributed by atoms with Crippen LogP contribution < -0.4 is 5.73 Å². The van der Waals surface area contributed by atoms with Crippen LogP contribution in [0.15, 0.2) is 29.2 Å². The number of nitrogens with two attached hydrogens (primary N) is 1. The second-order valence-electron chi connectivity index (χ2n) is 3.62. The number of hydrogen-bond donors (Lipinski definition) is 1. The monoisotopic (exact) mass is 248 g/mol. The smallest absolute Gasteiger partial charge is 0.274 e. The summed E-state index contributed by atoms with van der Waals surface area (Å²) in [5, 5.41) is 3.99. The molecule has 0 atom stereocenters. The molecule has 1 amide bonds. The van der Waals surface area contributed by atoms with E-state index in [1.54, 1.807) is 23.3 Å². The molecule has 2 rings (SSSR count). The highest BCUT2D eigenvalue weighted by atomic mass is 32.1. The predicted octanol–water partition coefficient (Wildman–Crippen LogP) is 1.39. The summed E-state index contributed by atoms with van der Waals surface area (Å²) in [5.74, 6) is 0.0655. The number of carbonyl (C=O) groups is 1. The van der Waals surface area contributed by atoms with Crippen molar-refractivity contribution in [3.63, 3.8) is 0 Å². The van der Waals surface area contributed by atoms with E-state index in [2.05, 4.69) is 9.97 Å². The van der Waals surface area contributed by atoms with Gasteiger partial charge in [0.2, 0.25) is 0 Å². The third kappa shape index (κ3) is 2.79. The van der Waals surface area contributed by atoms with Gasteiger partial charge < -0.3 is 10.6 Å². The molecule has 0 aliphatic rings. The Kier molecular flexibility index (Phi) is 3.34. The highest BCUT2D eigenvalue weighted by Gasteiger charge is 2.14. The van der Waals surface area contributed by atoms with Gasteiger partial charge in [-0.15, -0.1) is 0 Å². The standard InChI is InChI=1S/C11H12N4OS/c1-15(6-8-2-3-17-7-8)11(16)9-4-13-5-10(12)14-9/h2-5,7H,6H2,1H3,(H2,12,14). The van der Waals surface area contributed by atoms with Crippen molar-refractivity contribution in [1.29, 1.82) is 0 Å². The minimum atomic E-state index is -0.184. The molecule has 6 heteroatoms. The van der Waals surface area contributed by atoms with Gasteiger partial charge >= 0.3 is 0 Å². The Labute approximate surface area is 103 Å². The maximum atomic E-state index is 12.0. The number of aromatic nitrogens is 2. The first-order valence-corrected chi connectivity index (χ1v) is 5.95. The summed E-state index contributed by atoms with van der Waals surface area (Å²) in [6.07, 6.45) is 2.83. The number of rotatable bonds is 3. The van der Waals surface area contributed by atoms with Crippen molar-refractivity contribution in [2.24, 2.45) is 0 Å². The second-order valence-corrected chi connectivity index (χ2v) is 4.40. The molecule has 0 aliphatic heterocycles. The van der Waals surface area contributed by atoms with Crippen molar-refractivity contribution in [2.75, 3.05) is 12.8 Å². The number of nitrogen functional groups attached to an aromatic ring is 1. The zero-order valence-corrected chi connectivity index (χ0v) is 10.1. The fraction of sp³-hybridized carbons (Fsp3) is 0.182. The fourth-order valence-electron chi connectivity index (χ4n) is 1.41. The normalized spacial score (nSPS) is 10.2. The molecule has 0 aromatic carbocycles. The van der Waals surface area contributed by atoms with Crippen LogP contribution in [-0.4, -0.2) is 27.8 Å². The molecule has 0 saturated carbocycles. The third-order valence-electron chi connectivity index (χ3n) is 2.22. The molecule has 2 aromatic rings. The van der Waals surface area contributed by atoms with Gasteiger partial charge in [0.05, 0.1) is 12.4 Å². The molecule has 0 unspecified atom stereocenters. The molecule has 2 aromatic heterocycles. The molecule has 5 nitrogen and oxygen atoms in total. The molecule has 2 heterocycles. The lowest BCUT2D eigenvalue weighted by Gasteiger charge is -2.15. The van der Waals surface area contributed by atoms with Crippen LogP contribution in [0, 0.1) is 0 Å². The third-order valence-corrected chi connectivity index (χ3v) is 2.95. The van der Waals surface area contributed by atoms with E-state index in [-0.39, 0.29) is 17.4 Å². The average molecular weight is 248 g/mol. The van der Waals surface area contributed by atoms with Gasteiger partial charge in [0.25, 0.3) is 5.91 Å². The molecule has 0 aliphatic carbocycles. The van der Waals surface area contributed by atoms with Crippen molar-refractivity contribution in [1.82, 2.24) is 14.9 Å². The molecule has 0 saturated heterocycles. The van der Waals surface area contributed by atoms with Crippen LogP contribution >= 0.6 is 11.3 Å². The van der Waals surface area contributed by atoms with Crippen molar-refractivity contribution in [3.8, 4) is 0 Å². The highest BCUT2D eigenvalue weighted by molar-refractivity contribution is 7.07. The summed E-state index contributed by atoms with van der Waals surface area (Å²) in [4.78, 5) is 21.4. The average Bonchev–Trinajstić information content (AvgIpc) is 2.80. The number of thiophene rings is 1. The maximum absolute atomic E-state index is 12.0. The summed E-state index contributed by atoms with van der Waals surface area (Å²) >= 11 is 1.61. The Morgan fingerprint density at radius 3 is 3.00 bits per heavy atom. The lowest BCUT2D eigenvalue weighted by molar-refractivity contribution is 0.0779. The van der Waals surface area contributed by atoms with Crippen molar-refractivity contribution < 1.29 is 4.79 Å². The van der Waals surface area contributed by atoms with E-state index in [1.807, 2.05) is 16.8 Å². The fourth-order valence-corrected chi connectivity index (χ4v) is 2.07. The quantitative estimate of drug-likeness (QED) is 0.891. The first-order valence-electron chi connectivity index (χ1n) is 5.01. The predicted molar refractivity (Wildman–Crippen MR) is 66.6 cm³/mol. The van der Waals surface area contributed by atoms with Crippen LogP contribution in [0.1, 0.15) is 16.1 Å².